The highest BCUT2D eigenvalue weighted by molar-refractivity contribution is 5.98. The van der Waals surface area contributed by atoms with Crippen LogP contribution in [0.5, 0.6) is 0 Å². The fourth-order valence-corrected chi connectivity index (χ4v) is 4.03. The molecule has 3 rings (SSSR count). The Labute approximate surface area is 118 Å². The Kier molecular flexibility index (Phi) is 3.86. The van der Waals surface area contributed by atoms with Crippen LogP contribution in [0.25, 0.3) is 0 Å². The van der Waals surface area contributed by atoms with Gasteiger partial charge in [0.15, 0.2) is 17.4 Å². The fourth-order valence-electron chi connectivity index (χ4n) is 4.03. The van der Waals surface area contributed by atoms with Crippen LogP contribution in [0.1, 0.15) is 55.3 Å². The number of halogens is 2. The minimum Gasteiger partial charge on any atom is -0.294 e. The van der Waals surface area contributed by atoms with Gasteiger partial charge in [-0.3, -0.25) is 4.79 Å². The van der Waals surface area contributed by atoms with Gasteiger partial charge < -0.3 is 0 Å². The normalized spacial score (nSPS) is 29.8. The van der Waals surface area contributed by atoms with E-state index in [4.69, 9.17) is 0 Å². The van der Waals surface area contributed by atoms with E-state index in [0.29, 0.717) is 5.92 Å². The zero-order valence-electron chi connectivity index (χ0n) is 11.6. The second-order valence-corrected chi connectivity index (χ2v) is 6.28. The Morgan fingerprint density at radius 1 is 1.00 bits per heavy atom. The highest BCUT2D eigenvalue weighted by Crippen LogP contribution is 2.43. The van der Waals surface area contributed by atoms with Gasteiger partial charge in [-0.05, 0) is 43.2 Å². The van der Waals surface area contributed by atoms with Crippen molar-refractivity contribution in [3.63, 3.8) is 0 Å². The van der Waals surface area contributed by atoms with Crippen LogP contribution in [0.2, 0.25) is 0 Å². The zero-order valence-corrected chi connectivity index (χ0v) is 11.6. The minimum absolute atomic E-state index is 0.0655. The van der Waals surface area contributed by atoms with Crippen LogP contribution in [-0.4, -0.2) is 5.78 Å². The molecule has 2 aliphatic carbocycles. The molecular weight excluding hydrogens is 258 g/mol. The van der Waals surface area contributed by atoms with Crippen molar-refractivity contribution in [2.24, 2.45) is 17.8 Å². The number of hydrogen-bond acceptors (Lipinski definition) is 1. The van der Waals surface area contributed by atoms with E-state index >= 15 is 0 Å². The molecule has 0 radical (unpaired) electrons. The van der Waals surface area contributed by atoms with Crippen LogP contribution < -0.4 is 0 Å². The molecule has 3 atom stereocenters. The first-order valence-electron chi connectivity index (χ1n) is 7.65. The van der Waals surface area contributed by atoms with Gasteiger partial charge in [-0.1, -0.05) is 31.7 Å². The van der Waals surface area contributed by atoms with E-state index in [-0.39, 0.29) is 17.3 Å². The molecule has 0 amide bonds. The molecule has 3 unspecified atom stereocenters. The van der Waals surface area contributed by atoms with Crippen LogP contribution in [0.15, 0.2) is 18.2 Å². The van der Waals surface area contributed by atoms with Crippen molar-refractivity contribution in [1.82, 2.24) is 0 Å². The first-order valence-corrected chi connectivity index (χ1v) is 7.65. The second kappa shape index (κ2) is 5.63. The maximum Gasteiger partial charge on any atom is 0.169 e. The average Bonchev–Trinajstić information content (AvgIpc) is 2.49. The predicted octanol–water partition coefficient (Wildman–Crippen LogP) is 4.75. The number of carbonyl (C=O) groups excluding carboxylic acids is 1. The lowest BCUT2D eigenvalue weighted by molar-refractivity contribution is 0.0758. The molecule has 2 aliphatic rings. The highest BCUT2D eigenvalue weighted by atomic mass is 19.2. The number of Topliss-reactive ketones (excluding diaryl/α,β-unsaturated/α-hetero) is 1. The monoisotopic (exact) mass is 278 g/mol. The summed E-state index contributed by atoms with van der Waals surface area (Å²) in [4.78, 5) is 12.4. The molecule has 1 aromatic rings. The standard InChI is InChI=1S/C17H20F2O/c18-15-7-3-6-14(16(15)19)17(20)13-9-8-11-4-1-2-5-12(11)10-13/h3,6-7,11-13H,1-2,4-5,8-10H2. The Morgan fingerprint density at radius 3 is 2.55 bits per heavy atom. The first kappa shape index (κ1) is 13.7. The first-order chi connectivity index (χ1) is 9.66. The summed E-state index contributed by atoms with van der Waals surface area (Å²) in [5.41, 5.74) is -0.0655. The second-order valence-electron chi connectivity index (χ2n) is 6.28. The molecule has 108 valence electrons. The lowest BCUT2D eigenvalue weighted by atomic mass is 9.66. The van der Waals surface area contributed by atoms with E-state index < -0.39 is 11.6 Å². The predicted molar refractivity (Wildman–Crippen MR) is 73.5 cm³/mol. The maximum atomic E-state index is 13.7. The third-order valence-corrected chi connectivity index (χ3v) is 5.13. The summed E-state index contributed by atoms with van der Waals surface area (Å²) in [6.07, 6.45) is 7.78. The van der Waals surface area contributed by atoms with Crippen molar-refractivity contribution in [3.05, 3.63) is 35.4 Å². The minimum atomic E-state index is -0.983. The molecule has 20 heavy (non-hydrogen) atoms. The SMILES string of the molecule is O=C(c1cccc(F)c1F)C1CCC2CCCCC2C1. The largest absolute Gasteiger partial charge is 0.294 e. The molecule has 1 aromatic carbocycles. The molecule has 0 N–H and O–H groups in total. The maximum absolute atomic E-state index is 13.7. The number of ketones is 1. The Hall–Kier alpha value is -1.25. The van der Waals surface area contributed by atoms with Gasteiger partial charge in [0.25, 0.3) is 0 Å². The highest BCUT2D eigenvalue weighted by Gasteiger charge is 2.36. The van der Waals surface area contributed by atoms with Crippen LogP contribution in [-0.2, 0) is 0 Å². The van der Waals surface area contributed by atoms with Crippen molar-refractivity contribution in [2.75, 3.05) is 0 Å². The Bertz CT molecular complexity index is 512. The number of carbonyl (C=O) groups is 1. The van der Waals surface area contributed by atoms with Crippen LogP contribution >= 0.6 is 0 Å². The van der Waals surface area contributed by atoms with Gasteiger partial charge in [0.1, 0.15) is 0 Å². The molecule has 2 fully saturated rings. The molecule has 3 heteroatoms. The fraction of sp³-hybridized carbons (Fsp3) is 0.588. The van der Waals surface area contributed by atoms with Crippen molar-refractivity contribution in [1.29, 1.82) is 0 Å². The molecular formula is C17H20F2O. The van der Waals surface area contributed by atoms with E-state index in [1.165, 1.54) is 37.8 Å². The van der Waals surface area contributed by atoms with Crippen LogP contribution in [0.4, 0.5) is 8.78 Å². The van der Waals surface area contributed by atoms with Gasteiger partial charge in [-0.25, -0.2) is 8.78 Å². The van der Waals surface area contributed by atoms with Crippen LogP contribution in [0.3, 0.4) is 0 Å². The van der Waals surface area contributed by atoms with E-state index in [1.807, 2.05) is 0 Å². The van der Waals surface area contributed by atoms with Crippen molar-refractivity contribution in [2.45, 2.75) is 44.9 Å². The summed E-state index contributed by atoms with van der Waals surface area (Å²) >= 11 is 0. The third-order valence-electron chi connectivity index (χ3n) is 5.13. The summed E-state index contributed by atoms with van der Waals surface area (Å²) < 4.78 is 27.0. The summed E-state index contributed by atoms with van der Waals surface area (Å²) in [5, 5.41) is 0. The van der Waals surface area contributed by atoms with Gasteiger partial charge in [0.05, 0.1) is 5.56 Å². The van der Waals surface area contributed by atoms with E-state index in [0.717, 1.165) is 31.2 Å². The summed E-state index contributed by atoms with van der Waals surface area (Å²) in [5.74, 6) is -0.865. The lowest BCUT2D eigenvalue weighted by Gasteiger charge is -2.38. The van der Waals surface area contributed by atoms with Gasteiger partial charge in [0, 0.05) is 5.92 Å². The summed E-state index contributed by atoms with van der Waals surface area (Å²) in [7, 11) is 0. The summed E-state index contributed by atoms with van der Waals surface area (Å²) in [6, 6.07) is 3.88. The molecule has 0 bridgehead atoms. The number of benzene rings is 1. The Balaban J connectivity index is 1.76. The van der Waals surface area contributed by atoms with Crippen LogP contribution in [0, 0.1) is 29.4 Å². The number of hydrogen-bond donors (Lipinski definition) is 0. The van der Waals surface area contributed by atoms with E-state index in [9.17, 15) is 13.6 Å². The van der Waals surface area contributed by atoms with Crippen molar-refractivity contribution in [3.8, 4) is 0 Å². The molecule has 2 saturated carbocycles. The number of fused-ring (bicyclic) bond motifs is 1. The van der Waals surface area contributed by atoms with Gasteiger partial charge in [0.2, 0.25) is 0 Å². The van der Waals surface area contributed by atoms with Crippen molar-refractivity contribution >= 4 is 5.78 Å². The molecule has 0 heterocycles. The smallest absolute Gasteiger partial charge is 0.169 e. The van der Waals surface area contributed by atoms with E-state index in [2.05, 4.69) is 0 Å². The lowest BCUT2D eigenvalue weighted by Crippen LogP contribution is -2.31. The topological polar surface area (TPSA) is 17.1 Å². The Morgan fingerprint density at radius 2 is 1.75 bits per heavy atom. The molecule has 0 saturated heterocycles. The van der Waals surface area contributed by atoms with Gasteiger partial charge in [-0.15, -0.1) is 0 Å². The van der Waals surface area contributed by atoms with Crippen molar-refractivity contribution < 1.29 is 13.6 Å². The van der Waals surface area contributed by atoms with Gasteiger partial charge in [-0.2, -0.15) is 0 Å². The molecule has 1 nitrogen and oxygen atoms in total. The number of rotatable bonds is 2. The van der Waals surface area contributed by atoms with E-state index in [1.54, 1.807) is 0 Å². The molecule has 0 spiro atoms. The molecule has 0 aliphatic heterocycles. The quantitative estimate of drug-likeness (QED) is 0.713. The zero-order chi connectivity index (χ0) is 14.1. The van der Waals surface area contributed by atoms with Gasteiger partial charge >= 0.3 is 0 Å². The third kappa shape index (κ3) is 2.50. The summed E-state index contributed by atoms with van der Waals surface area (Å²) in [6.45, 7) is 0. The average molecular weight is 278 g/mol. The molecule has 0 aromatic heterocycles.